The highest BCUT2D eigenvalue weighted by atomic mass is 79.9. The topological polar surface area (TPSA) is 60.9 Å². The van der Waals surface area contributed by atoms with E-state index in [0.717, 1.165) is 16.6 Å². The van der Waals surface area contributed by atoms with Crippen molar-refractivity contribution in [1.29, 1.82) is 0 Å². The van der Waals surface area contributed by atoms with Crippen LogP contribution in [0.1, 0.15) is 17.5 Å². The van der Waals surface area contributed by atoms with Crippen LogP contribution in [0.3, 0.4) is 0 Å². The molecule has 29 heavy (non-hydrogen) atoms. The Balaban J connectivity index is 1.82. The molecule has 0 spiro atoms. The summed E-state index contributed by atoms with van der Waals surface area (Å²) in [4.78, 5) is 27.2. The van der Waals surface area contributed by atoms with Gasteiger partial charge in [0, 0.05) is 35.7 Å². The first kappa shape index (κ1) is 21.2. The number of anilines is 1. The van der Waals surface area contributed by atoms with Crippen LogP contribution in [0.15, 0.2) is 53.0 Å². The van der Waals surface area contributed by atoms with Crippen molar-refractivity contribution in [3.8, 4) is 0 Å². The number of rotatable bonds is 5. The monoisotopic (exact) mass is 470 g/mol. The van der Waals surface area contributed by atoms with Crippen molar-refractivity contribution in [3.63, 3.8) is 0 Å². The van der Waals surface area contributed by atoms with Gasteiger partial charge in [-0.3, -0.25) is 9.69 Å². The number of aliphatic carboxylic acids is 1. The van der Waals surface area contributed by atoms with Gasteiger partial charge in [0.15, 0.2) is 0 Å². The number of amides is 2. The summed E-state index contributed by atoms with van der Waals surface area (Å²) >= 11 is 3.33. The van der Waals surface area contributed by atoms with Gasteiger partial charge in [0.2, 0.25) is 0 Å². The van der Waals surface area contributed by atoms with Crippen molar-refractivity contribution in [2.75, 3.05) is 18.0 Å². The first-order valence-corrected chi connectivity index (χ1v) is 9.62. The van der Waals surface area contributed by atoms with E-state index in [2.05, 4.69) is 15.9 Å². The summed E-state index contributed by atoms with van der Waals surface area (Å²) < 4.78 is 39.1. The number of hydrogen-bond acceptors (Lipinski definition) is 2. The van der Waals surface area contributed by atoms with Crippen LogP contribution in [0.4, 0.5) is 23.7 Å². The number of carbonyl (C=O) groups is 2. The molecule has 2 aromatic rings. The zero-order valence-corrected chi connectivity index (χ0v) is 16.8. The van der Waals surface area contributed by atoms with Gasteiger partial charge in [-0.25, -0.2) is 4.79 Å². The number of carbonyl (C=O) groups excluding carboxylic acids is 1. The molecule has 1 aliphatic heterocycles. The second kappa shape index (κ2) is 8.44. The lowest BCUT2D eigenvalue weighted by Gasteiger charge is -2.40. The SMILES string of the molecule is O=C(O)CC1CN(Cc2ccc(C(F)(F)F)cc2)C(=O)N(c2ccc(Br)cc2)C1. The van der Waals surface area contributed by atoms with Crippen LogP contribution in [0, 0.1) is 5.92 Å². The molecule has 0 saturated carbocycles. The highest BCUT2D eigenvalue weighted by molar-refractivity contribution is 9.10. The Kier molecular flexibility index (Phi) is 6.16. The maximum absolute atomic E-state index is 13.0. The van der Waals surface area contributed by atoms with E-state index in [4.69, 9.17) is 0 Å². The third-order valence-electron chi connectivity index (χ3n) is 4.68. The molecule has 0 aromatic heterocycles. The third kappa shape index (κ3) is 5.29. The molecule has 9 heteroatoms. The number of carboxylic acids is 1. The van der Waals surface area contributed by atoms with Crippen LogP contribution in [-0.2, 0) is 17.5 Å². The summed E-state index contributed by atoms with van der Waals surface area (Å²) in [6.45, 7) is 0.579. The van der Waals surface area contributed by atoms with Crippen molar-refractivity contribution in [2.24, 2.45) is 5.92 Å². The predicted molar refractivity (Wildman–Crippen MR) is 104 cm³/mol. The van der Waals surface area contributed by atoms with Crippen LogP contribution in [0.2, 0.25) is 0 Å². The third-order valence-corrected chi connectivity index (χ3v) is 5.21. The largest absolute Gasteiger partial charge is 0.481 e. The van der Waals surface area contributed by atoms with E-state index in [9.17, 15) is 27.9 Å². The molecule has 2 amide bonds. The van der Waals surface area contributed by atoms with Crippen molar-refractivity contribution in [3.05, 3.63) is 64.1 Å². The highest BCUT2D eigenvalue weighted by Gasteiger charge is 2.34. The van der Waals surface area contributed by atoms with E-state index < -0.39 is 17.7 Å². The van der Waals surface area contributed by atoms with Gasteiger partial charge in [-0.1, -0.05) is 28.1 Å². The molecule has 1 atom stereocenters. The average molecular weight is 471 g/mol. The van der Waals surface area contributed by atoms with Crippen molar-refractivity contribution in [1.82, 2.24) is 4.90 Å². The summed E-state index contributed by atoms with van der Waals surface area (Å²) in [7, 11) is 0. The van der Waals surface area contributed by atoms with E-state index in [0.29, 0.717) is 11.3 Å². The van der Waals surface area contributed by atoms with Crippen molar-refractivity contribution < 1.29 is 27.9 Å². The van der Waals surface area contributed by atoms with Gasteiger partial charge >= 0.3 is 18.2 Å². The fourth-order valence-electron chi connectivity index (χ4n) is 3.32. The molecule has 1 saturated heterocycles. The van der Waals surface area contributed by atoms with Crippen LogP contribution in [-0.4, -0.2) is 35.1 Å². The van der Waals surface area contributed by atoms with Gasteiger partial charge in [0.1, 0.15) is 0 Å². The normalized spacial score (nSPS) is 17.5. The Labute approximate surface area is 173 Å². The molecule has 154 valence electrons. The van der Waals surface area contributed by atoms with E-state index >= 15 is 0 Å². The number of alkyl halides is 3. The smallest absolute Gasteiger partial charge is 0.416 e. The average Bonchev–Trinajstić information content (AvgIpc) is 2.64. The number of carboxylic acid groups (broad SMARTS) is 1. The lowest BCUT2D eigenvalue weighted by molar-refractivity contribution is -0.138. The maximum Gasteiger partial charge on any atom is 0.416 e. The summed E-state index contributed by atoms with van der Waals surface area (Å²) in [5.74, 6) is -1.27. The van der Waals surface area contributed by atoms with Gasteiger partial charge in [-0.15, -0.1) is 0 Å². The second-order valence-electron chi connectivity index (χ2n) is 6.91. The van der Waals surface area contributed by atoms with Crippen LogP contribution < -0.4 is 4.90 Å². The first-order valence-electron chi connectivity index (χ1n) is 8.83. The Morgan fingerprint density at radius 1 is 1.07 bits per heavy atom. The molecule has 2 aromatic carbocycles. The van der Waals surface area contributed by atoms with Crippen LogP contribution >= 0.6 is 15.9 Å². The Bertz CT molecular complexity index is 885. The molecule has 0 radical (unpaired) electrons. The zero-order chi connectivity index (χ0) is 21.2. The summed E-state index contributed by atoms with van der Waals surface area (Å²) in [5.41, 5.74) is 0.412. The lowest BCUT2D eigenvalue weighted by atomic mass is 10.0. The molecule has 5 nitrogen and oxygen atoms in total. The minimum absolute atomic E-state index is 0.0973. The van der Waals surface area contributed by atoms with Crippen molar-refractivity contribution >= 4 is 33.6 Å². The van der Waals surface area contributed by atoms with E-state index in [1.165, 1.54) is 21.9 Å². The standard InChI is InChI=1S/C20H18BrF3N2O3/c21-16-5-7-17(8-6-16)26-12-14(9-18(27)28)11-25(19(26)29)10-13-1-3-15(4-2-13)20(22,23)24/h1-8,14H,9-12H2,(H,27,28). The molecule has 1 aliphatic rings. The fraction of sp³-hybridized carbons (Fsp3) is 0.300. The first-order chi connectivity index (χ1) is 13.6. The quantitative estimate of drug-likeness (QED) is 0.668. The number of hydrogen-bond donors (Lipinski definition) is 1. The van der Waals surface area contributed by atoms with Gasteiger partial charge in [0.05, 0.1) is 12.0 Å². The Morgan fingerprint density at radius 2 is 1.69 bits per heavy atom. The molecule has 1 unspecified atom stereocenters. The number of halogens is 4. The molecular weight excluding hydrogens is 453 g/mol. The van der Waals surface area contributed by atoms with Gasteiger partial charge in [-0.2, -0.15) is 13.2 Å². The number of urea groups is 1. The number of benzene rings is 2. The van der Waals surface area contributed by atoms with E-state index in [-0.39, 0.29) is 38.0 Å². The fourth-order valence-corrected chi connectivity index (χ4v) is 3.58. The van der Waals surface area contributed by atoms with E-state index in [1.807, 2.05) is 0 Å². The number of nitrogens with zero attached hydrogens (tertiary/aromatic N) is 2. The minimum Gasteiger partial charge on any atom is -0.481 e. The van der Waals surface area contributed by atoms with Crippen LogP contribution in [0.25, 0.3) is 0 Å². The van der Waals surface area contributed by atoms with Crippen LogP contribution in [0.5, 0.6) is 0 Å². The molecule has 0 aliphatic carbocycles. The second-order valence-corrected chi connectivity index (χ2v) is 7.82. The van der Waals surface area contributed by atoms with Gasteiger partial charge in [0.25, 0.3) is 0 Å². The Morgan fingerprint density at radius 3 is 2.24 bits per heavy atom. The predicted octanol–water partition coefficient (Wildman–Crippen LogP) is 5.00. The molecule has 3 rings (SSSR count). The van der Waals surface area contributed by atoms with Crippen molar-refractivity contribution in [2.45, 2.75) is 19.1 Å². The maximum atomic E-state index is 13.0. The summed E-state index contributed by atoms with van der Waals surface area (Å²) in [6, 6.07) is 11.4. The van der Waals surface area contributed by atoms with Gasteiger partial charge in [-0.05, 0) is 42.0 Å². The molecule has 1 fully saturated rings. The summed E-state index contributed by atoms with van der Waals surface area (Å²) in [6.07, 6.45) is -4.53. The Hall–Kier alpha value is -2.55. The van der Waals surface area contributed by atoms with Gasteiger partial charge < -0.3 is 10.0 Å². The highest BCUT2D eigenvalue weighted by Crippen LogP contribution is 2.30. The van der Waals surface area contributed by atoms with E-state index in [1.54, 1.807) is 24.3 Å². The zero-order valence-electron chi connectivity index (χ0n) is 15.2. The summed E-state index contributed by atoms with van der Waals surface area (Å²) in [5, 5.41) is 9.17. The molecule has 1 heterocycles. The lowest BCUT2D eigenvalue weighted by Crippen LogP contribution is -2.53. The molecule has 1 N–H and O–H groups in total. The molecule has 0 bridgehead atoms. The minimum atomic E-state index is -4.43. The molecular formula is C20H18BrF3N2O3.